The minimum atomic E-state index is -0.610. The molecule has 1 aromatic heterocycles. The first-order valence-electron chi connectivity index (χ1n) is 8.65. The number of carbonyl (C=O) groups is 1. The lowest BCUT2D eigenvalue weighted by Gasteiger charge is -2.11. The molecule has 0 fully saturated rings. The van der Waals surface area contributed by atoms with Gasteiger partial charge < -0.3 is 20.1 Å². The SMILES string of the molecule is C=C(CCNc1nc(C)cc(OCC)n1)NC(=O)COc1ccc(Cl)c(F)c1. The van der Waals surface area contributed by atoms with Crippen molar-refractivity contribution in [1.29, 1.82) is 0 Å². The van der Waals surface area contributed by atoms with Gasteiger partial charge in [0.1, 0.15) is 11.6 Å². The zero-order chi connectivity index (χ0) is 20.5. The van der Waals surface area contributed by atoms with Crippen molar-refractivity contribution < 1.29 is 18.7 Å². The van der Waals surface area contributed by atoms with Crippen molar-refractivity contribution in [2.24, 2.45) is 0 Å². The van der Waals surface area contributed by atoms with Gasteiger partial charge in [-0.1, -0.05) is 18.2 Å². The van der Waals surface area contributed by atoms with Crippen LogP contribution in [-0.4, -0.2) is 35.6 Å². The monoisotopic (exact) mass is 408 g/mol. The van der Waals surface area contributed by atoms with Gasteiger partial charge in [0, 0.05) is 36.5 Å². The molecule has 2 N–H and O–H groups in total. The van der Waals surface area contributed by atoms with Crippen molar-refractivity contribution in [3.05, 3.63) is 53.1 Å². The molecule has 2 rings (SSSR count). The molecule has 0 saturated carbocycles. The number of benzene rings is 1. The van der Waals surface area contributed by atoms with E-state index in [1.165, 1.54) is 12.1 Å². The Kier molecular flexibility index (Phi) is 8.01. The van der Waals surface area contributed by atoms with Crippen LogP contribution in [0, 0.1) is 12.7 Å². The highest BCUT2D eigenvalue weighted by atomic mass is 35.5. The number of amides is 1. The van der Waals surface area contributed by atoms with E-state index < -0.39 is 11.7 Å². The molecule has 0 spiro atoms. The molecule has 0 radical (unpaired) electrons. The average molecular weight is 409 g/mol. The van der Waals surface area contributed by atoms with Crippen molar-refractivity contribution in [2.75, 3.05) is 25.1 Å². The largest absolute Gasteiger partial charge is 0.484 e. The Hall–Kier alpha value is -2.87. The van der Waals surface area contributed by atoms with Crippen LogP contribution < -0.4 is 20.1 Å². The van der Waals surface area contributed by atoms with Gasteiger partial charge in [0.2, 0.25) is 11.8 Å². The van der Waals surface area contributed by atoms with E-state index in [0.717, 1.165) is 11.8 Å². The molecule has 28 heavy (non-hydrogen) atoms. The number of nitrogens with one attached hydrogen (secondary N) is 2. The van der Waals surface area contributed by atoms with Crippen LogP contribution in [0.1, 0.15) is 19.0 Å². The molecule has 7 nitrogen and oxygen atoms in total. The second-order valence-corrected chi connectivity index (χ2v) is 6.20. The summed E-state index contributed by atoms with van der Waals surface area (Å²) in [5.74, 6) is 0.147. The summed E-state index contributed by atoms with van der Waals surface area (Å²) in [5.41, 5.74) is 1.28. The fraction of sp³-hybridized carbons (Fsp3) is 0.316. The molecular formula is C19H22ClFN4O3. The first-order chi connectivity index (χ1) is 13.4. The standard InChI is InChI=1S/C19H22ClFN4O3/c1-4-27-18-9-13(3)24-19(25-18)22-8-7-12(2)23-17(26)11-28-14-5-6-15(20)16(21)10-14/h5-6,9-10H,2,4,7-8,11H2,1,3H3,(H,23,26)(H,22,24,25). The molecule has 0 aliphatic heterocycles. The summed E-state index contributed by atoms with van der Waals surface area (Å²) in [6, 6.07) is 5.71. The molecule has 0 unspecified atom stereocenters. The predicted octanol–water partition coefficient (Wildman–Crippen LogP) is 3.49. The third kappa shape index (κ3) is 7.03. The molecule has 150 valence electrons. The summed E-state index contributed by atoms with van der Waals surface area (Å²) in [5, 5.41) is 5.67. The van der Waals surface area contributed by atoms with Crippen molar-refractivity contribution in [1.82, 2.24) is 15.3 Å². The number of ether oxygens (including phenoxy) is 2. The minimum absolute atomic E-state index is 0.0105. The molecule has 0 atom stereocenters. The number of anilines is 1. The van der Waals surface area contributed by atoms with Crippen LogP contribution in [0.3, 0.4) is 0 Å². The molecule has 0 aliphatic carbocycles. The number of nitrogens with zero attached hydrogens (tertiary/aromatic N) is 2. The molecular weight excluding hydrogens is 387 g/mol. The number of hydrogen-bond donors (Lipinski definition) is 2. The van der Waals surface area contributed by atoms with Crippen LogP contribution in [0.15, 0.2) is 36.5 Å². The summed E-state index contributed by atoms with van der Waals surface area (Å²) in [4.78, 5) is 20.4. The maximum atomic E-state index is 13.3. The van der Waals surface area contributed by atoms with E-state index in [0.29, 0.717) is 37.1 Å². The zero-order valence-corrected chi connectivity index (χ0v) is 16.5. The number of halogens is 2. The lowest BCUT2D eigenvalue weighted by atomic mass is 10.3. The van der Waals surface area contributed by atoms with Crippen LogP contribution in [0.2, 0.25) is 5.02 Å². The molecule has 0 aliphatic rings. The number of hydrogen-bond acceptors (Lipinski definition) is 6. The van der Waals surface area contributed by atoms with Crippen LogP contribution in [0.5, 0.6) is 11.6 Å². The highest BCUT2D eigenvalue weighted by molar-refractivity contribution is 6.30. The Labute approximate surface area is 167 Å². The van der Waals surface area contributed by atoms with Gasteiger partial charge in [-0.3, -0.25) is 4.79 Å². The molecule has 0 bridgehead atoms. The number of aromatic nitrogens is 2. The number of carbonyl (C=O) groups excluding carboxylic acids is 1. The number of aryl methyl sites for hydroxylation is 1. The molecule has 2 aromatic rings. The van der Waals surface area contributed by atoms with Gasteiger partial charge in [-0.05, 0) is 26.0 Å². The Morgan fingerprint density at radius 2 is 2.07 bits per heavy atom. The van der Waals surface area contributed by atoms with E-state index in [4.69, 9.17) is 21.1 Å². The lowest BCUT2D eigenvalue weighted by molar-refractivity contribution is -0.122. The topological polar surface area (TPSA) is 85.4 Å². The fourth-order valence-corrected chi connectivity index (χ4v) is 2.29. The smallest absolute Gasteiger partial charge is 0.262 e. The van der Waals surface area contributed by atoms with Crippen LogP contribution in [-0.2, 0) is 4.79 Å². The van der Waals surface area contributed by atoms with Gasteiger partial charge in [0.15, 0.2) is 6.61 Å². The summed E-state index contributed by atoms with van der Waals surface area (Å²) < 4.78 is 23.9. The first kappa shape index (κ1) is 21.4. The maximum Gasteiger partial charge on any atom is 0.262 e. The summed E-state index contributed by atoms with van der Waals surface area (Å²) >= 11 is 5.59. The van der Waals surface area contributed by atoms with E-state index in [2.05, 4.69) is 27.2 Å². The zero-order valence-electron chi connectivity index (χ0n) is 15.7. The van der Waals surface area contributed by atoms with E-state index >= 15 is 0 Å². The highest BCUT2D eigenvalue weighted by Crippen LogP contribution is 2.20. The van der Waals surface area contributed by atoms with Crippen molar-refractivity contribution in [2.45, 2.75) is 20.3 Å². The molecule has 0 saturated heterocycles. The minimum Gasteiger partial charge on any atom is -0.484 e. The van der Waals surface area contributed by atoms with Crippen LogP contribution in [0.25, 0.3) is 0 Å². The Morgan fingerprint density at radius 3 is 2.79 bits per heavy atom. The quantitative estimate of drug-likeness (QED) is 0.626. The van der Waals surface area contributed by atoms with Crippen molar-refractivity contribution in [3.8, 4) is 11.6 Å². The molecule has 1 aromatic carbocycles. The third-order valence-corrected chi connectivity index (χ3v) is 3.72. The van der Waals surface area contributed by atoms with Crippen molar-refractivity contribution >= 4 is 23.5 Å². The van der Waals surface area contributed by atoms with Gasteiger partial charge in [0.25, 0.3) is 5.91 Å². The van der Waals surface area contributed by atoms with Gasteiger partial charge >= 0.3 is 0 Å². The van der Waals surface area contributed by atoms with Crippen molar-refractivity contribution in [3.63, 3.8) is 0 Å². The van der Waals surface area contributed by atoms with Gasteiger partial charge in [0.05, 0.1) is 11.6 Å². The van der Waals surface area contributed by atoms with Crippen LogP contribution >= 0.6 is 11.6 Å². The van der Waals surface area contributed by atoms with Gasteiger partial charge in [-0.25, -0.2) is 9.37 Å². The summed E-state index contributed by atoms with van der Waals surface area (Å²) in [6.45, 7) is 8.24. The van der Waals surface area contributed by atoms with E-state index in [-0.39, 0.29) is 17.4 Å². The van der Waals surface area contributed by atoms with E-state index in [1.54, 1.807) is 6.07 Å². The Morgan fingerprint density at radius 1 is 1.29 bits per heavy atom. The molecule has 1 heterocycles. The Bertz CT molecular complexity index is 848. The normalized spacial score (nSPS) is 10.3. The average Bonchev–Trinajstić information content (AvgIpc) is 2.62. The van der Waals surface area contributed by atoms with Crippen LogP contribution in [0.4, 0.5) is 10.3 Å². The molecule has 1 amide bonds. The van der Waals surface area contributed by atoms with E-state index in [1.807, 2.05) is 13.8 Å². The highest BCUT2D eigenvalue weighted by Gasteiger charge is 2.08. The maximum absolute atomic E-state index is 13.3. The summed E-state index contributed by atoms with van der Waals surface area (Å²) in [7, 11) is 0. The second kappa shape index (κ2) is 10.5. The molecule has 9 heteroatoms. The number of rotatable bonds is 10. The third-order valence-electron chi connectivity index (χ3n) is 3.41. The van der Waals surface area contributed by atoms with Gasteiger partial charge in [-0.15, -0.1) is 0 Å². The lowest BCUT2D eigenvalue weighted by Crippen LogP contribution is -2.28. The van der Waals surface area contributed by atoms with E-state index in [9.17, 15) is 9.18 Å². The predicted molar refractivity (Wildman–Crippen MR) is 105 cm³/mol. The fourth-order valence-electron chi connectivity index (χ4n) is 2.18. The second-order valence-electron chi connectivity index (χ2n) is 5.80. The van der Waals surface area contributed by atoms with Gasteiger partial charge in [-0.2, -0.15) is 4.98 Å². The Balaban J connectivity index is 1.73. The first-order valence-corrected chi connectivity index (χ1v) is 9.03. The summed E-state index contributed by atoms with van der Waals surface area (Å²) in [6.07, 6.45) is 0.461.